The van der Waals surface area contributed by atoms with Gasteiger partial charge in [-0.2, -0.15) is 0 Å². The molecule has 0 unspecified atom stereocenters. The molecular weight excluding hydrogens is 362 g/mol. The summed E-state index contributed by atoms with van der Waals surface area (Å²) < 4.78 is 27.0. The van der Waals surface area contributed by atoms with E-state index in [9.17, 15) is 8.42 Å². The number of rotatable bonds is 6. The molecule has 0 aromatic carbocycles. The number of hydrogen-bond donors (Lipinski definition) is 1. The summed E-state index contributed by atoms with van der Waals surface area (Å²) in [5.41, 5.74) is 1.02. The Labute approximate surface area is 133 Å². The van der Waals surface area contributed by atoms with Crippen LogP contribution in [0.4, 0.5) is 0 Å². The van der Waals surface area contributed by atoms with Crippen molar-refractivity contribution in [3.63, 3.8) is 0 Å². The van der Waals surface area contributed by atoms with Crippen molar-refractivity contribution in [1.82, 2.24) is 14.5 Å². The predicted octanol–water partition coefficient (Wildman–Crippen LogP) is 1.18. The number of nitrogens with one attached hydrogen (secondary N) is 1. The minimum atomic E-state index is -3.19. The normalized spacial score (nSPS) is 17.8. The van der Waals surface area contributed by atoms with E-state index in [2.05, 4.69) is 26.1 Å². The monoisotopic (exact) mass is 381 g/mol. The van der Waals surface area contributed by atoms with Crippen LogP contribution < -0.4 is 5.32 Å². The van der Waals surface area contributed by atoms with Crippen molar-refractivity contribution < 1.29 is 8.42 Å². The Morgan fingerprint density at radius 2 is 2.15 bits per heavy atom. The van der Waals surface area contributed by atoms with Crippen molar-refractivity contribution in [2.45, 2.75) is 6.54 Å². The van der Waals surface area contributed by atoms with Crippen molar-refractivity contribution in [3.05, 3.63) is 20.8 Å². The van der Waals surface area contributed by atoms with Gasteiger partial charge < -0.3 is 5.32 Å². The fraction of sp³-hybridized carbons (Fsp3) is 0.667. The molecule has 1 aromatic rings. The number of hydrogen-bond acceptors (Lipinski definition) is 5. The molecule has 1 N–H and O–H groups in total. The van der Waals surface area contributed by atoms with Crippen LogP contribution in [0.5, 0.6) is 0 Å². The Hall–Kier alpha value is 0.01000. The van der Waals surface area contributed by atoms with E-state index in [-0.39, 0.29) is 5.75 Å². The van der Waals surface area contributed by atoms with Crippen LogP contribution in [-0.2, 0) is 16.6 Å². The number of halogens is 1. The summed E-state index contributed by atoms with van der Waals surface area (Å²) in [5, 5.41) is 5.24. The minimum Gasteiger partial charge on any atom is -0.314 e. The molecule has 1 fully saturated rings. The Morgan fingerprint density at radius 3 is 2.75 bits per heavy atom. The van der Waals surface area contributed by atoms with E-state index >= 15 is 0 Å². The summed E-state index contributed by atoms with van der Waals surface area (Å²) in [5.74, 6) is 0.189. The van der Waals surface area contributed by atoms with Crippen molar-refractivity contribution >= 4 is 37.3 Å². The zero-order valence-electron chi connectivity index (χ0n) is 11.5. The predicted molar refractivity (Wildman–Crippen MR) is 86.6 cm³/mol. The fourth-order valence-electron chi connectivity index (χ4n) is 2.12. The molecule has 1 aliphatic heterocycles. The molecule has 0 radical (unpaired) electrons. The summed E-state index contributed by atoms with van der Waals surface area (Å²) in [6.07, 6.45) is 0. The molecule has 0 amide bonds. The highest BCUT2D eigenvalue weighted by atomic mass is 79.9. The van der Waals surface area contributed by atoms with Gasteiger partial charge in [0, 0.05) is 46.3 Å². The summed E-state index contributed by atoms with van der Waals surface area (Å²) in [4.78, 5) is 2.20. The minimum absolute atomic E-state index is 0.189. The maximum atomic E-state index is 12.3. The lowest BCUT2D eigenvalue weighted by atomic mass is 10.3. The van der Waals surface area contributed by atoms with Crippen LogP contribution in [0.25, 0.3) is 0 Å². The first-order valence-corrected chi connectivity index (χ1v) is 9.85. The lowest BCUT2D eigenvalue weighted by molar-refractivity contribution is 0.252. The SMILES string of the molecule is CN(Cc1csc(Br)c1)S(=O)(=O)CCN1CCNCC1. The molecule has 2 heterocycles. The second-order valence-electron chi connectivity index (χ2n) is 4.92. The molecule has 2 rings (SSSR count). The molecule has 8 heteroatoms. The molecule has 0 aliphatic carbocycles. The molecular formula is C12H20BrN3O2S2. The van der Waals surface area contributed by atoms with Crippen LogP contribution in [0.3, 0.4) is 0 Å². The number of nitrogens with zero attached hydrogens (tertiary/aromatic N) is 2. The van der Waals surface area contributed by atoms with Gasteiger partial charge in [-0.15, -0.1) is 11.3 Å². The maximum Gasteiger partial charge on any atom is 0.215 e. The van der Waals surface area contributed by atoms with E-state index in [1.54, 1.807) is 18.4 Å². The molecule has 1 saturated heterocycles. The van der Waals surface area contributed by atoms with Crippen LogP contribution in [0.2, 0.25) is 0 Å². The van der Waals surface area contributed by atoms with E-state index in [0.29, 0.717) is 13.1 Å². The topological polar surface area (TPSA) is 52.7 Å². The third-order valence-corrected chi connectivity index (χ3v) is 6.71. The molecule has 1 aromatic heterocycles. The summed E-state index contributed by atoms with van der Waals surface area (Å²) in [6, 6.07) is 1.97. The highest BCUT2D eigenvalue weighted by Gasteiger charge is 2.20. The fourth-order valence-corrected chi connectivity index (χ4v) is 4.47. The third-order valence-electron chi connectivity index (χ3n) is 3.38. The van der Waals surface area contributed by atoms with Gasteiger partial charge in [0.25, 0.3) is 0 Å². The van der Waals surface area contributed by atoms with Crippen molar-refractivity contribution in [2.75, 3.05) is 45.5 Å². The van der Waals surface area contributed by atoms with Crippen LogP contribution in [0, 0.1) is 0 Å². The van der Waals surface area contributed by atoms with Gasteiger partial charge in [0.05, 0.1) is 9.54 Å². The Bertz CT molecular complexity index is 527. The molecule has 1 aliphatic rings. The number of sulfonamides is 1. The van der Waals surface area contributed by atoms with Crippen LogP contribution in [0.15, 0.2) is 15.2 Å². The van der Waals surface area contributed by atoms with Gasteiger partial charge in [0.1, 0.15) is 0 Å². The average Bonchev–Trinajstić information content (AvgIpc) is 2.83. The van der Waals surface area contributed by atoms with Gasteiger partial charge in [-0.3, -0.25) is 4.90 Å². The van der Waals surface area contributed by atoms with Crippen LogP contribution in [-0.4, -0.2) is 63.1 Å². The van der Waals surface area contributed by atoms with E-state index in [4.69, 9.17) is 0 Å². The first kappa shape index (κ1) is 16.4. The van der Waals surface area contributed by atoms with E-state index < -0.39 is 10.0 Å². The average molecular weight is 382 g/mol. The molecule has 0 spiro atoms. The van der Waals surface area contributed by atoms with Gasteiger partial charge in [0.2, 0.25) is 10.0 Å². The van der Waals surface area contributed by atoms with Crippen LogP contribution in [0.1, 0.15) is 5.56 Å². The van der Waals surface area contributed by atoms with Gasteiger partial charge in [-0.1, -0.05) is 0 Å². The second-order valence-corrected chi connectivity index (χ2v) is 9.41. The highest BCUT2D eigenvalue weighted by molar-refractivity contribution is 9.11. The van der Waals surface area contributed by atoms with Crippen molar-refractivity contribution in [3.8, 4) is 0 Å². The van der Waals surface area contributed by atoms with Crippen molar-refractivity contribution in [1.29, 1.82) is 0 Å². The summed E-state index contributed by atoms with van der Waals surface area (Å²) in [7, 11) is -1.54. The van der Waals surface area contributed by atoms with E-state index in [0.717, 1.165) is 35.5 Å². The molecule has 114 valence electrons. The number of thiophene rings is 1. The molecule has 0 saturated carbocycles. The quantitative estimate of drug-likeness (QED) is 0.803. The summed E-state index contributed by atoms with van der Waals surface area (Å²) >= 11 is 4.97. The highest BCUT2D eigenvalue weighted by Crippen LogP contribution is 2.22. The molecule has 20 heavy (non-hydrogen) atoms. The summed E-state index contributed by atoms with van der Waals surface area (Å²) in [6.45, 7) is 4.79. The Morgan fingerprint density at radius 1 is 1.45 bits per heavy atom. The third kappa shape index (κ3) is 4.78. The zero-order valence-corrected chi connectivity index (χ0v) is 14.7. The van der Waals surface area contributed by atoms with Gasteiger partial charge in [0.15, 0.2) is 0 Å². The Balaban J connectivity index is 1.85. The largest absolute Gasteiger partial charge is 0.314 e. The van der Waals surface area contributed by atoms with Gasteiger partial charge >= 0.3 is 0 Å². The molecule has 0 atom stereocenters. The molecule has 5 nitrogen and oxygen atoms in total. The van der Waals surface area contributed by atoms with E-state index in [1.165, 1.54) is 4.31 Å². The van der Waals surface area contributed by atoms with Crippen LogP contribution >= 0.6 is 27.3 Å². The maximum absolute atomic E-state index is 12.3. The smallest absolute Gasteiger partial charge is 0.215 e. The van der Waals surface area contributed by atoms with E-state index in [1.807, 2.05) is 11.4 Å². The lowest BCUT2D eigenvalue weighted by Gasteiger charge is -2.27. The van der Waals surface area contributed by atoms with Crippen molar-refractivity contribution in [2.24, 2.45) is 0 Å². The second kappa shape index (κ2) is 7.33. The lowest BCUT2D eigenvalue weighted by Crippen LogP contribution is -2.46. The molecule has 0 bridgehead atoms. The Kier molecular flexibility index (Phi) is 6.00. The standard InChI is InChI=1S/C12H20BrN3O2S2/c1-15(9-11-8-12(13)19-10-11)20(17,18)7-6-16-4-2-14-3-5-16/h8,10,14H,2-7,9H2,1H3. The first-order valence-electron chi connectivity index (χ1n) is 6.57. The first-order chi connectivity index (χ1) is 9.47. The number of piperazine rings is 1. The van der Waals surface area contributed by atoms with Gasteiger partial charge in [-0.25, -0.2) is 12.7 Å². The van der Waals surface area contributed by atoms with Gasteiger partial charge in [-0.05, 0) is 32.9 Å². The zero-order chi connectivity index (χ0) is 14.6.